The normalized spacial score (nSPS) is 13.5. The fourth-order valence-corrected chi connectivity index (χ4v) is 4.19. The van der Waals surface area contributed by atoms with E-state index in [1.165, 1.54) is 0 Å². The maximum atomic E-state index is 6.28. The number of rotatable bonds is 6. The molecule has 4 rings (SSSR count). The quantitative estimate of drug-likeness (QED) is 0.574. The molecule has 2 aromatic carbocycles. The molecule has 1 aliphatic heterocycles. The second kappa shape index (κ2) is 8.39. The molecule has 0 amide bonds. The zero-order valence-corrected chi connectivity index (χ0v) is 17.3. The number of benzene rings is 2. The molecule has 0 bridgehead atoms. The average molecular weight is 418 g/mol. The Morgan fingerprint density at radius 1 is 1.13 bits per heavy atom. The molecule has 5 nitrogen and oxygen atoms in total. The Bertz CT molecular complexity index is 1240. The first-order valence-electron chi connectivity index (χ1n) is 9.44. The predicted octanol–water partition coefficient (Wildman–Crippen LogP) is 3.01. The highest BCUT2D eigenvalue weighted by Gasteiger charge is 2.14. The molecule has 0 aliphatic carbocycles. The first kappa shape index (κ1) is 19.7. The lowest BCUT2D eigenvalue weighted by Crippen LogP contribution is -2.21. The van der Waals surface area contributed by atoms with Crippen molar-refractivity contribution in [2.24, 2.45) is 5.73 Å². The number of hydrogen-bond acceptors (Lipinski definition) is 6. The molecule has 1 aliphatic rings. The molecule has 0 unspecified atom stereocenters. The van der Waals surface area contributed by atoms with Gasteiger partial charge in [0.05, 0.1) is 10.6 Å². The van der Waals surface area contributed by atoms with Gasteiger partial charge in [-0.05, 0) is 40.3 Å². The summed E-state index contributed by atoms with van der Waals surface area (Å²) in [5.41, 5.74) is 15.6. The third kappa shape index (κ3) is 4.04. The van der Waals surface area contributed by atoms with E-state index in [0.29, 0.717) is 12.2 Å². The molecule has 3 aromatic rings. The lowest BCUT2D eigenvalue weighted by molar-refractivity contribution is 0.174. The van der Waals surface area contributed by atoms with E-state index in [0.717, 1.165) is 48.5 Å². The second-order valence-corrected chi connectivity index (χ2v) is 7.93. The highest BCUT2D eigenvalue weighted by atomic mass is 32.1. The van der Waals surface area contributed by atoms with Gasteiger partial charge in [0, 0.05) is 28.9 Å². The van der Waals surface area contributed by atoms with Gasteiger partial charge in [0.1, 0.15) is 0 Å². The zero-order chi connectivity index (χ0) is 21.1. The van der Waals surface area contributed by atoms with Crippen LogP contribution in [0.5, 0.6) is 11.5 Å². The largest absolute Gasteiger partial charge is 0.454 e. The maximum absolute atomic E-state index is 6.28. The van der Waals surface area contributed by atoms with E-state index >= 15 is 0 Å². The van der Waals surface area contributed by atoms with Gasteiger partial charge in [-0.15, -0.1) is 11.3 Å². The van der Waals surface area contributed by atoms with Crippen molar-refractivity contribution in [3.63, 3.8) is 0 Å². The van der Waals surface area contributed by atoms with Crippen LogP contribution in [-0.4, -0.2) is 6.79 Å². The van der Waals surface area contributed by atoms with Crippen LogP contribution in [0.15, 0.2) is 61.3 Å². The van der Waals surface area contributed by atoms with E-state index in [1.807, 2.05) is 54.6 Å². The van der Waals surface area contributed by atoms with Crippen LogP contribution in [0, 0.1) is 0 Å². The van der Waals surface area contributed by atoms with Crippen molar-refractivity contribution in [3.8, 4) is 11.5 Å². The molecule has 5 N–H and O–H groups in total. The van der Waals surface area contributed by atoms with Crippen LogP contribution in [0.2, 0.25) is 0 Å². The summed E-state index contributed by atoms with van der Waals surface area (Å²) in [6.45, 7) is 9.09. The van der Waals surface area contributed by atoms with Gasteiger partial charge in [0.2, 0.25) is 6.79 Å². The number of allylic oxidation sites excluding steroid dienone is 1. The Labute approximate surface area is 179 Å². The molecule has 0 saturated carbocycles. The van der Waals surface area contributed by atoms with Crippen LogP contribution in [0.25, 0.3) is 23.9 Å². The number of thiophene rings is 1. The smallest absolute Gasteiger partial charge is 0.231 e. The minimum atomic E-state index is 0.264. The van der Waals surface area contributed by atoms with E-state index in [4.69, 9.17) is 20.9 Å². The van der Waals surface area contributed by atoms with E-state index < -0.39 is 0 Å². The van der Waals surface area contributed by atoms with Gasteiger partial charge in [-0.1, -0.05) is 43.5 Å². The van der Waals surface area contributed by atoms with Crippen LogP contribution < -0.4 is 36.7 Å². The van der Waals surface area contributed by atoms with Gasteiger partial charge in [0.15, 0.2) is 11.5 Å². The lowest BCUT2D eigenvalue weighted by Gasteiger charge is -2.09. The minimum Gasteiger partial charge on any atom is -0.454 e. The van der Waals surface area contributed by atoms with E-state index in [-0.39, 0.29) is 6.79 Å². The van der Waals surface area contributed by atoms with Gasteiger partial charge in [0.25, 0.3) is 0 Å². The molecule has 30 heavy (non-hydrogen) atoms. The van der Waals surface area contributed by atoms with Crippen molar-refractivity contribution in [2.75, 3.05) is 12.5 Å². The fourth-order valence-electron chi connectivity index (χ4n) is 3.17. The Hall–Kier alpha value is -3.64. The highest BCUT2D eigenvalue weighted by Crippen LogP contribution is 2.35. The maximum Gasteiger partial charge on any atom is 0.231 e. The SMILES string of the molecule is C=C(NCc1ccc2c(c1)OCO2)c1sc(C(/C=c2/ccccc2=C)=C/N)cc1N. The molecule has 0 atom stereocenters. The van der Waals surface area contributed by atoms with Crippen LogP contribution in [0.3, 0.4) is 0 Å². The Kier molecular flexibility index (Phi) is 5.50. The third-order valence-electron chi connectivity index (χ3n) is 4.81. The minimum absolute atomic E-state index is 0.264. The molecule has 152 valence electrons. The molecule has 0 spiro atoms. The summed E-state index contributed by atoms with van der Waals surface area (Å²) in [4.78, 5) is 1.86. The van der Waals surface area contributed by atoms with Crippen molar-refractivity contribution in [1.82, 2.24) is 5.32 Å². The van der Waals surface area contributed by atoms with Gasteiger partial charge in [-0.2, -0.15) is 0 Å². The number of nitrogen functional groups attached to an aromatic ring is 1. The molecule has 2 heterocycles. The number of anilines is 1. The first-order chi connectivity index (χ1) is 14.5. The summed E-state index contributed by atoms with van der Waals surface area (Å²) >= 11 is 1.55. The van der Waals surface area contributed by atoms with Gasteiger partial charge < -0.3 is 26.3 Å². The number of hydrogen-bond donors (Lipinski definition) is 3. The molecule has 0 radical (unpaired) electrons. The topological polar surface area (TPSA) is 82.5 Å². The number of nitrogens with one attached hydrogen (secondary N) is 1. The number of fused-ring (bicyclic) bond motifs is 1. The predicted molar refractivity (Wildman–Crippen MR) is 125 cm³/mol. The summed E-state index contributed by atoms with van der Waals surface area (Å²) in [5, 5.41) is 5.30. The molecule has 1 aromatic heterocycles. The second-order valence-electron chi connectivity index (χ2n) is 6.88. The zero-order valence-electron chi connectivity index (χ0n) is 16.5. The number of nitrogens with two attached hydrogens (primary N) is 2. The van der Waals surface area contributed by atoms with E-state index in [2.05, 4.69) is 18.5 Å². The molecular formula is C24H23N3O2S. The monoisotopic (exact) mass is 417 g/mol. The summed E-state index contributed by atoms with van der Waals surface area (Å²) in [5.74, 6) is 1.53. The average Bonchev–Trinajstić information content (AvgIpc) is 3.37. The third-order valence-corrected chi connectivity index (χ3v) is 6.07. The summed E-state index contributed by atoms with van der Waals surface area (Å²) < 4.78 is 10.8. The molecular weight excluding hydrogens is 394 g/mol. The van der Waals surface area contributed by atoms with Gasteiger partial charge >= 0.3 is 0 Å². The van der Waals surface area contributed by atoms with Crippen molar-refractivity contribution >= 4 is 40.9 Å². The Balaban J connectivity index is 1.51. The van der Waals surface area contributed by atoms with Crippen LogP contribution in [0.4, 0.5) is 5.69 Å². The van der Waals surface area contributed by atoms with E-state index in [9.17, 15) is 0 Å². The first-order valence-corrected chi connectivity index (χ1v) is 10.3. The summed E-state index contributed by atoms with van der Waals surface area (Å²) in [6, 6.07) is 15.7. The van der Waals surface area contributed by atoms with E-state index in [1.54, 1.807) is 17.5 Å². The van der Waals surface area contributed by atoms with Gasteiger partial charge in [-0.3, -0.25) is 0 Å². The van der Waals surface area contributed by atoms with Crippen molar-refractivity contribution in [2.45, 2.75) is 6.54 Å². The van der Waals surface area contributed by atoms with Crippen LogP contribution in [-0.2, 0) is 6.54 Å². The fraction of sp³-hybridized carbons (Fsp3) is 0.0833. The molecule has 0 fully saturated rings. The summed E-state index contributed by atoms with van der Waals surface area (Å²) in [7, 11) is 0. The molecule has 6 heteroatoms. The lowest BCUT2D eigenvalue weighted by atomic mass is 10.1. The van der Waals surface area contributed by atoms with Gasteiger partial charge in [-0.25, -0.2) is 0 Å². The van der Waals surface area contributed by atoms with Crippen molar-refractivity contribution in [3.05, 3.63) is 87.1 Å². The molecule has 0 saturated heterocycles. The van der Waals surface area contributed by atoms with Crippen molar-refractivity contribution in [1.29, 1.82) is 0 Å². The Morgan fingerprint density at radius 3 is 2.73 bits per heavy atom. The summed E-state index contributed by atoms with van der Waals surface area (Å²) in [6.07, 6.45) is 3.60. The number of ether oxygens (including phenoxy) is 2. The van der Waals surface area contributed by atoms with Crippen molar-refractivity contribution < 1.29 is 9.47 Å². The standard InChI is InChI=1S/C24H23N3O2S/c1-15-5-3-4-6-18(15)10-19(12-25)23-11-20(26)24(30-23)16(2)27-13-17-7-8-21-22(9-17)29-14-28-21/h3-12,27H,1-2,13-14,25-26H2/b18-10-,19-12+. The van der Waals surface area contributed by atoms with Crippen LogP contribution >= 0.6 is 11.3 Å². The highest BCUT2D eigenvalue weighted by molar-refractivity contribution is 7.15. The Morgan fingerprint density at radius 2 is 1.93 bits per heavy atom. The van der Waals surface area contributed by atoms with Crippen LogP contribution in [0.1, 0.15) is 15.3 Å².